The summed E-state index contributed by atoms with van der Waals surface area (Å²) in [6.07, 6.45) is 0. The summed E-state index contributed by atoms with van der Waals surface area (Å²) in [5.41, 5.74) is 5.44. The minimum atomic E-state index is -0.113. The molecule has 0 saturated carbocycles. The lowest BCUT2D eigenvalue weighted by Crippen LogP contribution is -2.39. The van der Waals surface area contributed by atoms with Crippen molar-refractivity contribution < 1.29 is 9.53 Å². The normalized spacial score (nSPS) is 15.0. The van der Waals surface area contributed by atoms with E-state index in [4.69, 9.17) is 9.72 Å². The second kappa shape index (κ2) is 8.89. The maximum absolute atomic E-state index is 13.6. The average Bonchev–Trinajstić information content (AvgIpc) is 3.16. The van der Waals surface area contributed by atoms with Gasteiger partial charge >= 0.3 is 0 Å². The summed E-state index contributed by atoms with van der Waals surface area (Å²) in [7, 11) is 1.84. The zero-order chi connectivity index (χ0) is 22.0. The van der Waals surface area contributed by atoms with Crippen molar-refractivity contribution in [2.24, 2.45) is 0 Å². The highest BCUT2D eigenvalue weighted by atomic mass is 16.5. The van der Waals surface area contributed by atoms with E-state index in [0.29, 0.717) is 37.7 Å². The maximum atomic E-state index is 13.6. The Morgan fingerprint density at radius 3 is 2.48 bits per heavy atom. The fourth-order valence-electron chi connectivity index (χ4n) is 4.14. The van der Waals surface area contributed by atoms with Crippen molar-refractivity contribution in [1.82, 2.24) is 20.1 Å². The zero-order valence-corrected chi connectivity index (χ0v) is 18.6. The number of hydrogen-bond donors (Lipinski definition) is 1. The summed E-state index contributed by atoms with van der Waals surface area (Å²) in [5.74, 6) is 0.662. The van der Waals surface area contributed by atoms with Crippen LogP contribution in [0.5, 0.6) is 0 Å². The minimum Gasteiger partial charge on any atom is -0.378 e. The number of benzene rings is 1. The van der Waals surface area contributed by atoms with Crippen LogP contribution in [0, 0.1) is 13.8 Å². The van der Waals surface area contributed by atoms with Gasteiger partial charge < -0.3 is 14.5 Å². The van der Waals surface area contributed by atoms with Gasteiger partial charge in [0.1, 0.15) is 5.82 Å². The van der Waals surface area contributed by atoms with Crippen molar-refractivity contribution in [2.45, 2.75) is 26.8 Å². The van der Waals surface area contributed by atoms with Crippen molar-refractivity contribution in [3.8, 4) is 11.3 Å². The number of hydrogen-bond acceptors (Lipinski definition) is 5. The van der Waals surface area contributed by atoms with Crippen LogP contribution >= 0.6 is 0 Å². The van der Waals surface area contributed by atoms with E-state index in [-0.39, 0.29) is 11.9 Å². The molecule has 162 valence electrons. The number of morpholine rings is 1. The van der Waals surface area contributed by atoms with Crippen molar-refractivity contribution in [1.29, 1.82) is 0 Å². The Balaban J connectivity index is 1.71. The molecule has 7 nitrogen and oxygen atoms in total. The molecule has 1 N–H and O–H groups in total. The van der Waals surface area contributed by atoms with E-state index in [1.165, 1.54) is 0 Å². The molecule has 0 spiro atoms. The van der Waals surface area contributed by atoms with Gasteiger partial charge in [0.15, 0.2) is 0 Å². The quantitative estimate of drug-likeness (QED) is 0.682. The lowest BCUT2D eigenvalue weighted by Gasteiger charge is -2.31. The molecule has 0 bridgehead atoms. The van der Waals surface area contributed by atoms with E-state index in [1.807, 2.05) is 70.3 Å². The van der Waals surface area contributed by atoms with E-state index >= 15 is 0 Å². The monoisotopic (exact) mass is 419 g/mol. The Bertz CT molecular complexity index is 1040. The van der Waals surface area contributed by atoms with Crippen LogP contribution in [-0.4, -0.2) is 59.3 Å². The second-order valence-electron chi connectivity index (χ2n) is 7.97. The van der Waals surface area contributed by atoms with E-state index < -0.39 is 0 Å². The maximum Gasteiger partial charge on any atom is 0.257 e. The molecule has 7 heteroatoms. The Labute approximate surface area is 183 Å². The fraction of sp³-hybridized carbons (Fsp3) is 0.375. The first-order chi connectivity index (χ1) is 15.0. The number of nitrogens with zero attached hydrogens (tertiary/aromatic N) is 4. The third-order valence-corrected chi connectivity index (χ3v) is 5.99. The van der Waals surface area contributed by atoms with Gasteiger partial charge in [-0.15, -0.1) is 0 Å². The Kier molecular flexibility index (Phi) is 6.04. The number of rotatable bonds is 5. The summed E-state index contributed by atoms with van der Waals surface area (Å²) >= 11 is 0. The smallest absolute Gasteiger partial charge is 0.257 e. The summed E-state index contributed by atoms with van der Waals surface area (Å²) in [4.78, 5) is 22.5. The highest BCUT2D eigenvalue weighted by Crippen LogP contribution is 2.30. The molecule has 0 radical (unpaired) electrons. The van der Waals surface area contributed by atoms with Gasteiger partial charge in [0.05, 0.1) is 36.2 Å². The number of carbonyl (C=O) groups excluding carboxylic acids is 1. The largest absolute Gasteiger partial charge is 0.378 e. The standard InChI is InChI=1S/C24H29N5O2/c1-16-22(17(2)27-26-16)18(3)28(4)24(30)20-10-11-21(19-8-6-5-7-9-19)25-23(20)29-12-14-31-15-13-29/h5-11,18H,12-15H2,1-4H3,(H,26,27). The Morgan fingerprint density at radius 2 is 1.84 bits per heavy atom. The molecule has 1 aliphatic heterocycles. The van der Waals surface area contributed by atoms with Gasteiger partial charge in [-0.1, -0.05) is 30.3 Å². The van der Waals surface area contributed by atoms with Crippen molar-refractivity contribution in [3.05, 3.63) is 65.0 Å². The molecule has 0 aliphatic carbocycles. The molecule has 1 unspecified atom stereocenters. The first kappa shape index (κ1) is 21.1. The molecule has 2 aromatic heterocycles. The summed E-state index contributed by atoms with van der Waals surface area (Å²) < 4.78 is 5.52. The van der Waals surface area contributed by atoms with Crippen LogP contribution in [0.2, 0.25) is 0 Å². The third-order valence-electron chi connectivity index (χ3n) is 5.99. The SMILES string of the molecule is Cc1n[nH]c(C)c1C(C)N(C)C(=O)c1ccc(-c2ccccc2)nc1N1CCOCC1. The van der Waals surface area contributed by atoms with Crippen LogP contribution in [0.1, 0.15) is 40.3 Å². The highest BCUT2D eigenvalue weighted by Gasteiger charge is 2.27. The van der Waals surface area contributed by atoms with Gasteiger partial charge in [-0.05, 0) is 32.9 Å². The van der Waals surface area contributed by atoms with Crippen LogP contribution in [0.3, 0.4) is 0 Å². The predicted molar refractivity (Wildman–Crippen MR) is 121 cm³/mol. The number of aromatic amines is 1. The predicted octanol–water partition coefficient (Wildman–Crippen LogP) is 3.76. The van der Waals surface area contributed by atoms with Gasteiger partial charge in [0.2, 0.25) is 0 Å². The number of carbonyl (C=O) groups is 1. The van der Waals surface area contributed by atoms with Gasteiger partial charge in [0.25, 0.3) is 5.91 Å². The van der Waals surface area contributed by atoms with Crippen LogP contribution in [0.15, 0.2) is 42.5 Å². The number of aryl methyl sites for hydroxylation is 2. The number of amides is 1. The third kappa shape index (κ3) is 4.18. The molecule has 1 aliphatic rings. The van der Waals surface area contributed by atoms with Gasteiger partial charge in [-0.25, -0.2) is 4.98 Å². The van der Waals surface area contributed by atoms with Crippen molar-refractivity contribution in [2.75, 3.05) is 38.3 Å². The number of ether oxygens (including phenoxy) is 1. The summed E-state index contributed by atoms with van der Waals surface area (Å²) in [6, 6.07) is 13.8. The molecular formula is C24H29N5O2. The number of pyridine rings is 1. The molecule has 1 saturated heterocycles. The van der Waals surface area contributed by atoms with Crippen LogP contribution in [0.25, 0.3) is 11.3 Å². The van der Waals surface area contributed by atoms with E-state index in [9.17, 15) is 4.79 Å². The number of H-pyrrole nitrogens is 1. The molecule has 3 heterocycles. The average molecular weight is 420 g/mol. The van der Waals surface area contributed by atoms with Gasteiger partial charge in [-0.2, -0.15) is 5.10 Å². The van der Waals surface area contributed by atoms with E-state index in [1.54, 1.807) is 4.90 Å². The lowest BCUT2D eigenvalue weighted by atomic mass is 10.0. The van der Waals surface area contributed by atoms with Crippen LogP contribution < -0.4 is 4.90 Å². The molecule has 3 aromatic rings. The van der Waals surface area contributed by atoms with E-state index in [0.717, 1.165) is 28.2 Å². The number of nitrogens with one attached hydrogen (secondary N) is 1. The van der Waals surface area contributed by atoms with Gasteiger partial charge in [0, 0.05) is 37.0 Å². The number of anilines is 1. The van der Waals surface area contributed by atoms with Crippen molar-refractivity contribution in [3.63, 3.8) is 0 Å². The molecule has 1 amide bonds. The molecular weight excluding hydrogens is 390 g/mol. The number of aromatic nitrogens is 3. The molecule has 1 atom stereocenters. The zero-order valence-electron chi connectivity index (χ0n) is 18.6. The second-order valence-corrected chi connectivity index (χ2v) is 7.97. The molecule has 1 aromatic carbocycles. The van der Waals surface area contributed by atoms with Gasteiger partial charge in [-0.3, -0.25) is 9.89 Å². The fourth-order valence-corrected chi connectivity index (χ4v) is 4.14. The highest BCUT2D eigenvalue weighted by molar-refractivity contribution is 5.99. The molecule has 1 fully saturated rings. The lowest BCUT2D eigenvalue weighted by molar-refractivity contribution is 0.0741. The first-order valence-electron chi connectivity index (χ1n) is 10.6. The first-order valence-corrected chi connectivity index (χ1v) is 10.6. The molecule has 31 heavy (non-hydrogen) atoms. The Hall–Kier alpha value is -3.19. The minimum absolute atomic E-state index is 0.0545. The van der Waals surface area contributed by atoms with E-state index in [2.05, 4.69) is 15.1 Å². The summed E-state index contributed by atoms with van der Waals surface area (Å²) in [5, 5.41) is 7.31. The van der Waals surface area contributed by atoms with Crippen LogP contribution in [-0.2, 0) is 4.74 Å². The van der Waals surface area contributed by atoms with Crippen molar-refractivity contribution >= 4 is 11.7 Å². The topological polar surface area (TPSA) is 74.4 Å². The summed E-state index contributed by atoms with van der Waals surface area (Å²) in [6.45, 7) is 8.66. The molecule has 4 rings (SSSR count). The van der Waals surface area contributed by atoms with Crippen LogP contribution in [0.4, 0.5) is 5.82 Å². The Morgan fingerprint density at radius 1 is 1.13 bits per heavy atom.